The average molecular weight is 364 g/mol. The number of hydrogen-bond acceptors (Lipinski definition) is 6. The lowest BCUT2D eigenvalue weighted by molar-refractivity contribution is -0.201. The maximum atomic E-state index is 10.7. The summed E-state index contributed by atoms with van der Waals surface area (Å²) < 4.78 is 23.5. The molecule has 1 heterocycles. The summed E-state index contributed by atoms with van der Waals surface area (Å²) in [4.78, 5) is 0. The fourth-order valence-electron chi connectivity index (χ4n) is 3.68. The molecular formula is C20H28O6. The Hall–Kier alpha value is -1.28. The third-order valence-electron chi connectivity index (χ3n) is 4.87. The molecule has 2 fully saturated rings. The SMILES string of the molecule is C=CCOC[C@@H]1[C@@H](O)[C@H](O)[C@@H](OCc2ccccc2)[C@@H]2OC(C)(C)O[C@H]12. The maximum Gasteiger partial charge on any atom is 0.163 e. The maximum absolute atomic E-state index is 10.7. The Morgan fingerprint density at radius 3 is 2.50 bits per heavy atom. The highest BCUT2D eigenvalue weighted by molar-refractivity contribution is 5.14. The summed E-state index contributed by atoms with van der Waals surface area (Å²) in [5.74, 6) is -1.22. The summed E-state index contributed by atoms with van der Waals surface area (Å²) >= 11 is 0. The molecule has 1 saturated carbocycles. The van der Waals surface area contributed by atoms with Crippen molar-refractivity contribution in [3.63, 3.8) is 0 Å². The van der Waals surface area contributed by atoms with Gasteiger partial charge in [0.25, 0.3) is 0 Å². The lowest BCUT2D eigenvalue weighted by Gasteiger charge is -2.43. The smallest absolute Gasteiger partial charge is 0.163 e. The fraction of sp³-hybridized carbons (Fsp3) is 0.600. The number of hydrogen-bond donors (Lipinski definition) is 2. The molecule has 0 spiro atoms. The van der Waals surface area contributed by atoms with Crippen molar-refractivity contribution < 1.29 is 29.2 Å². The van der Waals surface area contributed by atoms with Gasteiger partial charge in [0.2, 0.25) is 0 Å². The van der Waals surface area contributed by atoms with Crippen LogP contribution < -0.4 is 0 Å². The number of rotatable bonds is 7. The first-order chi connectivity index (χ1) is 12.4. The normalized spacial score (nSPS) is 35.8. The molecule has 0 aromatic heterocycles. The van der Waals surface area contributed by atoms with E-state index in [1.54, 1.807) is 6.08 Å². The van der Waals surface area contributed by atoms with E-state index in [0.717, 1.165) is 5.56 Å². The molecule has 1 aliphatic heterocycles. The standard InChI is InChI=1S/C20H28O6/c1-4-10-23-12-14-15(21)16(22)18(19-17(14)25-20(2,3)26-19)24-11-13-8-6-5-7-9-13/h4-9,14-19,21-22H,1,10-12H2,2-3H3/t14-,15-,16+,17-,18-,19-/m1/s1. The highest BCUT2D eigenvalue weighted by atomic mass is 16.8. The van der Waals surface area contributed by atoms with Crippen molar-refractivity contribution in [2.24, 2.45) is 5.92 Å². The highest BCUT2D eigenvalue weighted by Gasteiger charge is 2.58. The molecule has 0 radical (unpaired) electrons. The molecule has 3 rings (SSSR count). The van der Waals surface area contributed by atoms with Gasteiger partial charge in [-0.1, -0.05) is 36.4 Å². The number of ether oxygens (including phenoxy) is 4. The number of aliphatic hydroxyl groups is 2. The van der Waals surface area contributed by atoms with Crippen LogP contribution in [0.2, 0.25) is 0 Å². The zero-order valence-electron chi connectivity index (χ0n) is 15.3. The van der Waals surface area contributed by atoms with Crippen LogP contribution in [0.1, 0.15) is 19.4 Å². The first-order valence-electron chi connectivity index (χ1n) is 8.99. The molecule has 6 nitrogen and oxygen atoms in total. The van der Waals surface area contributed by atoms with Gasteiger partial charge in [0.05, 0.1) is 32.0 Å². The Balaban J connectivity index is 1.74. The van der Waals surface area contributed by atoms with Gasteiger partial charge in [0.15, 0.2) is 5.79 Å². The van der Waals surface area contributed by atoms with Gasteiger partial charge in [-0.3, -0.25) is 0 Å². The van der Waals surface area contributed by atoms with Gasteiger partial charge < -0.3 is 29.2 Å². The van der Waals surface area contributed by atoms with E-state index in [9.17, 15) is 10.2 Å². The molecule has 26 heavy (non-hydrogen) atoms. The Morgan fingerprint density at radius 1 is 1.12 bits per heavy atom. The lowest BCUT2D eigenvalue weighted by Crippen LogP contribution is -2.61. The molecule has 1 saturated heterocycles. The van der Waals surface area contributed by atoms with E-state index in [2.05, 4.69) is 6.58 Å². The molecule has 0 unspecified atom stereocenters. The second-order valence-corrected chi connectivity index (χ2v) is 7.30. The van der Waals surface area contributed by atoms with Gasteiger partial charge in [-0.05, 0) is 19.4 Å². The Labute approximate surface area is 154 Å². The van der Waals surface area contributed by atoms with Crippen molar-refractivity contribution in [2.45, 2.75) is 56.8 Å². The fourth-order valence-corrected chi connectivity index (χ4v) is 3.68. The van der Waals surface area contributed by atoms with Crippen LogP contribution in [0.5, 0.6) is 0 Å². The van der Waals surface area contributed by atoms with Crippen molar-refractivity contribution >= 4 is 0 Å². The van der Waals surface area contributed by atoms with E-state index in [0.29, 0.717) is 13.2 Å². The molecule has 2 N–H and O–H groups in total. The van der Waals surface area contributed by atoms with E-state index >= 15 is 0 Å². The zero-order valence-corrected chi connectivity index (χ0v) is 15.3. The second kappa shape index (κ2) is 8.17. The van der Waals surface area contributed by atoms with E-state index in [1.807, 2.05) is 44.2 Å². The average Bonchev–Trinajstić information content (AvgIpc) is 2.94. The Morgan fingerprint density at radius 2 is 1.81 bits per heavy atom. The van der Waals surface area contributed by atoms with Gasteiger partial charge in [0, 0.05) is 5.92 Å². The quantitative estimate of drug-likeness (QED) is 0.566. The van der Waals surface area contributed by atoms with E-state index in [1.165, 1.54) is 0 Å². The van der Waals surface area contributed by atoms with Gasteiger partial charge in [0.1, 0.15) is 18.3 Å². The molecule has 0 bridgehead atoms. The largest absolute Gasteiger partial charge is 0.390 e. The third kappa shape index (κ3) is 4.17. The van der Waals surface area contributed by atoms with Crippen molar-refractivity contribution in [3.8, 4) is 0 Å². The summed E-state index contributed by atoms with van der Waals surface area (Å²) in [6, 6.07) is 9.69. The van der Waals surface area contributed by atoms with Gasteiger partial charge in [-0.25, -0.2) is 0 Å². The van der Waals surface area contributed by atoms with Crippen LogP contribution in [0.15, 0.2) is 43.0 Å². The summed E-state index contributed by atoms with van der Waals surface area (Å²) in [5.41, 5.74) is 0.986. The molecule has 1 aromatic rings. The molecule has 1 aromatic carbocycles. The van der Waals surface area contributed by atoms with Crippen LogP contribution in [-0.2, 0) is 25.6 Å². The predicted molar refractivity (Wildman–Crippen MR) is 95.4 cm³/mol. The van der Waals surface area contributed by atoms with Crippen molar-refractivity contribution in [1.82, 2.24) is 0 Å². The van der Waals surface area contributed by atoms with Crippen LogP contribution in [0.4, 0.5) is 0 Å². The van der Waals surface area contributed by atoms with Crippen LogP contribution in [0.3, 0.4) is 0 Å². The molecule has 6 heteroatoms. The van der Waals surface area contributed by atoms with Crippen molar-refractivity contribution in [1.29, 1.82) is 0 Å². The van der Waals surface area contributed by atoms with Gasteiger partial charge in [-0.2, -0.15) is 0 Å². The first-order valence-corrected chi connectivity index (χ1v) is 8.99. The van der Waals surface area contributed by atoms with Crippen LogP contribution in [-0.4, -0.2) is 59.7 Å². The highest BCUT2D eigenvalue weighted by Crippen LogP contribution is 2.41. The minimum atomic E-state index is -1.09. The molecule has 2 aliphatic rings. The number of fused-ring (bicyclic) bond motifs is 1. The molecular weight excluding hydrogens is 336 g/mol. The van der Waals surface area contributed by atoms with Gasteiger partial charge >= 0.3 is 0 Å². The topological polar surface area (TPSA) is 77.4 Å². The molecule has 144 valence electrons. The van der Waals surface area contributed by atoms with E-state index in [4.69, 9.17) is 18.9 Å². The summed E-state index contributed by atoms with van der Waals surface area (Å²) in [6.07, 6.45) is -2.06. The first kappa shape index (κ1) is 19.5. The zero-order chi connectivity index (χ0) is 18.7. The van der Waals surface area contributed by atoms with Crippen LogP contribution in [0.25, 0.3) is 0 Å². The predicted octanol–water partition coefficient (Wildman–Crippen LogP) is 1.65. The van der Waals surface area contributed by atoms with Crippen LogP contribution in [0, 0.1) is 5.92 Å². The molecule has 1 aliphatic carbocycles. The minimum absolute atomic E-state index is 0.246. The summed E-state index contributed by atoms with van der Waals surface area (Å²) in [6.45, 7) is 8.19. The summed E-state index contributed by atoms with van der Waals surface area (Å²) in [7, 11) is 0. The second-order valence-electron chi connectivity index (χ2n) is 7.30. The van der Waals surface area contributed by atoms with Crippen molar-refractivity contribution in [2.75, 3.05) is 13.2 Å². The van der Waals surface area contributed by atoms with Gasteiger partial charge in [-0.15, -0.1) is 6.58 Å². The Kier molecular flexibility index (Phi) is 6.12. The monoisotopic (exact) mass is 364 g/mol. The number of benzene rings is 1. The molecule has 6 atom stereocenters. The third-order valence-corrected chi connectivity index (χ3v) is 4.87. The van der Waals surface area contributed by atoms with E-state index < -0.39 is 42.2 Å². The Bertz CT molecular complexity index is 589. The van der Waals surface area contributed by atoms with Crippen molar-refractivity contribution in [3.05, 3.63) is 48.6 Å². The number of aliphatic hydroxyl groups excluding tert-OH is 2. The van der Waals surface area contributed by atoms with E-state index in [-0.39, 0.29) is 6.61 Å². The minimum Gasteiger partial charge on any atom is -0.390 e. The lowest BCUT2D eigenvalue weighted by atomic mass is 9.78. The molecule has 0 amide bonds. The summed E-state index contributed by atoms with van der Waals surface area (Å²) in [5, 5.41) is 21.3. The van der Waals surface area contributed by atoms with Crippen LogP contribution >= 0.6 is 0 Å².